The van der Waals surface area contributed by atoms with E-state index < -0.39 is 0 Å². The lowest BCUT2D eigenvalue weighted by Crippen LogP contribution is -2.29. The Bertz CT molecular complexity index is 1210. The first-order chi connectivity index (χ1) is 17.0. The van der Waals surface area contributed by atoms with Crippen LogP contribution in [0.3, 0.4) is 0 Å². The highest BCUT2D eigenvalue weighted by atomic mass is 35.5. The van der Waals surface area contributed by atoms with Gasteiger partial charge in [-0.1, -0.05) is 30.5 Å². The molecule has 1 aliphatic carbocycles. The number of carbonyl (C=O) groups excluding carboxylic acids is 1. The average molecular weight is 510 g/mol. The topological polar surface area (TPSA) is 71.4 Å². The molecule has 35 heavy (non-hydrogen) atoms. The molecule has 1 amide bonds. The van der Waals surface area contributed by atoms with Crippen LogP contribution in [0.4, 0.5) is 11.4 Å². The molecule has 1 aromatic carbocycles. The van der Waals surface area contributed by atoms with Gasteiger partial charge in [0, 0.05) is 37.4 Å². The minimum absolute atomic E-state index is 0.0377. The van der Waals surface area contributed by atoms with Crippen molar-refractivity contribution in [1.29, 1.82) is 0 Å². The SMILES string of the molecule is COCC(=O)Nc1ccc(N2C(=S)NC(c3ccccn3)C2c2ccn(C3CCCC3)c2)cc1Cl. The Hall–Kier alpha value is -2.94. The Morgan fingerprint density at radius 2 is 2.09 bits per heavy atom. The van der Waals surface area contributed by atoms with E-state index in [4.69, 9.17) is 28.6 Å². The van der Waals surface area contributed by atoms with E-state index in [-0.39, 0.29) is 24.6 Å². The van der Waals surface area contributed by atoms with Crippen molar-refractivity contribution in [1.82, 2.24) is 14.9 Å². The van der Waals surface area contributed by atoms with Crippen molar-refractivity contribution < 1.29 is 9.53 Å². The van der Waals surface area contributed by atoms with Gasteiger partial charge in [-0.05, 0) is 67.0 Å². The number of anilines is 2. The summed E-state index contributed by atoms with van der Waals surface area (Å²) in [5.74, 6) is -0.262. The molecule has 3 heterocycles. The predicted molar refractivity (Wildman–Crippen MR) is 142 cm³/mol. The molecule has 5 rings (SSSR count). The molecule has 2 aliphatic rings. The van der Waals surface area contributed by atoms with E-state index in [1.807, 2.05) is 30.3 Å². The maximum atomic E-state index is 12.0. The van der Waals surface area contributed by atoms with Gasteiger partial charge in [0.2, 0.25) is 5.91 Å². The lowest BCUT2D eigenvalue weighted by molar-refractivity contribution is -0.119. The molecule has 9 heteroatoms. The van der Waals surface area contributed by atoms with Crippen LogP contribution in [0.25, 0.3) is 0 Å². The maximum absolute atomic E-state index is 12.0. The molecule has 1 saturated carbocycles. The number of pyridine rings is 1. The molecule has 2 fully saturated rings. The summed E-state index contributed by atoms with van der Waals surface area (Å²) in [4.78, 5) is 18.7. The lowest BCUT2D eigenvalue weighted by atomic mass is 9.98. The summed E-state index contributed by atoms with van der Waals surface area (Å²) in [6.45, 7) is -0.0377. The Balaban J connectivity index is 1.50. The normalized spacial score (nSPS) is 20.3. The summed E-state index contributed by atoms with van der Waals surface area (Å²) in [5.41, 5.74) is 3.45. The summed E-state index contributed by atoms with van der Waals surface area (Å²) >= 11 is 12.4. The van der Waals surface area contributed by atoms with E-state index in [0.717, 1.165) is 16.9 Å². The van der Waals surface area contributed by atoms with Crippen LogP contribution in [-0.2, 0) is 9.53 Å². The number of methoxy groups -OCH3 is 1. The fourth-order valence-corrected chi connectivity index (χ4v) is 5.65. The highest BCUT2D eigenvalue weighted by Crippen LogP contribution is 2.43. The second-order valence-electron chi connectivity index (χ2n) is 8.97. The third-order valence-corrected chi connectivity index (χ3v) is 7.33. The Labute approximate surface area is 215 Å². The number of hydrogen-bond donors (Lipinski definition) is 2. The molecule has 2 aromatic heterocycles. The lowest BCUT2D eigenvalue weighted by Gasteiger charge is -2.28. The van der Waals surface area contributed by atoms with Crippen LogP contribution in [-0.4, -0.2) is 34.3 Å². The molecule has 0 radical (unpaired) electrons. The summed E-state index contributed by atoms with van der Waals surface area (Å²) < 4.78 is 7.24. The summed E-state index contributed by atoms with van der Waals surface area (Å²) in [7, 11) is 1.48. The summed E-state index contributed by atoms with van der Waals surface area (Å²) in [6.07, 6.45) is 11.2. The van der Waals surface area contributed by atoms with Crippen molar-refractivity contribution in [2.75, 3.05) is 23.9 Å². The molecule has 1 saturated heterocycles. The van der Waals surface area contributed by atoms with Crippen molar-refractivity contribution >= 4 is 46.2 Å². The minimum Gasteiger partial charge on any atom is -0.375 e. The molecular weight excluding hydrogens is 482 g/mol. The number of carbonyl (C=O) groups is 1. The van der Waals surface area contributed by atoms with Gasteiger partial charge in [0.05, 0.1) is 28.5 Å². The van der Waals surface area contributed by atoms with E-state index in [1.165, 1.54) is 32.8 Å². The number of ether oxygens (including phenoxy) is 1. The van der Waals surface area contributed by atoms with E-state index in [2.05, 4.69) is 43.5 Å². The third-order valence-electron chi connectivity index (χ3n) is 6.70. The average Bonchev–Trinajstić information content (AvgIpc) is 3.61. The quantitative estimate of drug-likeness (QED) is 0.415. The van der Waals surface area contributed by atoms with Crippen molar-refractivity contribution in [3.8, 4) is 0 Å². The zero-order valence-electron chi connectivity index (χ0n) is 19.5. The number of nitrogens with zero attached hydrogens (tertiary/aromatic N) is 3. The second-order valence-corrected chi connectivity index (χ2v) is 9.77. The monoisotopic (exact) mass is 509 g/mol. The minimum atomic E-state index is -0.262. The van der Waals surface area contributed by atoms with Crippen molar-refractivity contribution in [3.63, 3.8) is 0 Å². The second kappa shape index (κ2) is 10.4. The molecule has 1 aliphatic heterocycles. The smallest absolute Gasteiger partial charge is 0.250 e. The number of thiocarbonyl (C=S) groups is 1. The highest BCUT2D eigenvalue weighted by molar-refractivity contribution is 7.80. The third kappa shape index (κ3) is 4.91. The van der Waals surface area contributed by atoms with Gasteiger partial charge in [-0.3, -0.25) is 9.78 Å². The number of aromatic nitrogens is 2. The predicted octanol–water partition coefficient (Wildman–Crippen LogP) is 5.41. The van der Waals surface area contributed by atoms with Crippen LogP contribution in [0.1, 0.15) is 55.1 Å². The van der Waals surface area contributed by atoms with Gasteiger partial charge in [0.15, 0.2) is 5.11 Å². The molecule has 182 valence electrons. The van der Waals surface area contributed by atoms with E-state index >= 15 is 0 Å². The zero-order valence-corrected chi connectivity index (χ0v) is 21.1. The molecular formula is C26H28ClN5O2S. The van der Waals surface area contributed by atoms with E-state index in [1.54, 1.807) is 12.3 Å². The zero-order chi connectivity index (χ0) is 24.4. The van der Waals surface area contributed by atoms with Crippen molar-refractivity contribution in [3.05, 3.63) is 77.3 Å². The molecule has 2 N–H and O–H groups in total. The van der Waals surface area contributed by atoms with Gasteiger partial charge < -0.3 is 24.8 Å². The molecule has 7 nitrogen and oxygen atoms in total. The largest absolute Gasteiger partial charge is 0.375 e. The van der Waals surface area contributed by atoms with Crippen LogP contribution in [0.5, 0.6) is 0 Å². The number of benzene rings is 1. The first-order valence-corrected chi connectivity index (χ1v) is 12.6. The van der Waals surface area contributed by atoms with Crippen LogP contribution in [0.2, 0.25) is 5.02 Å². The molecule has 0 bridgehead atoms. The number of hydrogen-bond acceptors (Lipinski definition) is 4. The van der Waals surface area contributed by atoms with Gasteiger partial charge in [-0.25, -0.2) is 0 Å². The molecule has 2 unspecified atom stereocenters. The summed E-state index contributed by atoms with van der Waals surface area (Å²) in [5, 5.41) is 7.29. The fourth-order valence-electron chi connectivity index (χ4n) is 5.08. The van der Waals surface area contributed by atoms with Crippen molar-refractivity contribution in [2.24, 2.45) is 0 Å². The maximum Gasteiger partial charge on any atom is 0.250 e. The Kier molecular flexibility index (Phi) is 7.04. The fraction of sp³-hybridized carbons (Fsp3) is 0.346. The van der Waals surface area contributed by atoms with Crippen LogP contribution in [0.15, 0.2) is 61.1 Å². The number of nitrogens with one attached hydrogen (secondary N) is 2. The van der Waals surface area contributed by atoms with Crippen LogP contribution >= 0.6 is 23.8 Å². The van der Waals surface area contributed by atoms with Gasteiger partial charge in [-0.15, -0.1) is 0 Å². The first kappa shape index (κ1) is 23.8. The highest BCUT2D eigenvalue weighted by Gasteiger charge is 2.41. The van der Waals surface area contributed by atoms with Gasteiger partial charge in [0.25, 0.3) is 0 Å². The van der Waals surface area contributed by atoms with Crippen LogP contribution in [0, 0.1) is 0 Å². The standard InChI is InChI=1S/C26H28ClN5O2S/c1-34-16-23(33)29-21-10-9-19(14-20(21)27)32-25(17-11-13-31(15-17)18-6-2-3-7-18)24(30-26(32)35)22-8-4-5-12-28-22/h4-5,8-15,18,24-25H,2-3,6-7,16H2,1H3,(H,29,33)(H,30,35). The number of halogens is 1. The van der Waals surface area contributed by atoms with E-state index in [9.17, 15) is 4.79 Å². The molecule has 2 atom stereocenters. The van der Waals surface area contributed by atoms with Crippen LogP contribution < -0.4 is 15.5 Å². The first-order valence-electron chi connectivity index (χ1n) is 11.8. The summed E-state index contributed by atoms with van der Waals surface area (Å²) in [6, 6.07) is 14.0. The number of amides is 1. The van der Waals surface area contributed by atoms with Gasteiger partial charge in [-0.2, -0.15) is 0 Å². The number of rotatable bonds is 7. The molecule has 0 spiro atoms. The molecule has 3 aromatic rings. The van der Waals surface area contributed by atoms with E-state index in [0.29, 0.717) is 21.9 Å². The van der Waals surface area contributed by atoms with Gasteiger partial charge in [0.1, 0.15) is 6.61 Å². The van der Waals surface area contributed by atoms with Gasteiger partial charge >= 0.3 is 0 Å². The van der Waals surface area contributed by atoms with Crippen molar-refractivity contribution in [2.45, 2.75) is 43.8 Å². The Morgan fingerprint density at radius 1 is 1.26 bits per heavy atom. The Morgan fingerprint density at radius 3 is 2.80 bits per heavy atom.